The standard InChI is InChI=1S/C13H16FN3O2/c1-8-11(14)3-9(6-15)4-12(8)17-13(18)5-10(7-16)19-2/h3-4,10H,5,7,16H2,1-2H3,(H,17,18). The van der Waals surface area contributed by atoms with Crippen LogP contribution in [0, 0.1) is 24.1 Å². The van der Waals surface area contributed by atoms with Crippen molar-refractivity contribution in [2.45, 2.75) is 19.4 Å². The molecule has 5 nitrogen and oxygen atoms in total. The van der Waals surface area contributed by atoms with Crippen LogP contribution in [0.3, 0.4) is 0 Å². The van der Waals surface area contributed by atoms with E-state index in [1.807, 2.05) is 6.07 Å². The Hall–Kier alpha value is -1.97. The SMILES string of the molecule is COC(CN)CC(=O)Nc1cc(C#N)cc(F)c1C. The maximum Gasteiger partial charge on any atom is 0.227 e. The van der Waals surface area contributed by atoms with Crippen molar-refractivity contribution < 1.29 is 13.9 Å². The van der Waals surface area contributed by atoms with Crippen molar-refractivity contribution in [1.82, 2.24) is 0 Å². The molecule has 19 heavy (non-hydrogen) atoms. The summed E-state index contributed by atoms with van der Waals surface area (Å²) in [5.74, 6) is -0.869. The summed E-state index contributed by atoms with van der Waals surface area (Å²) < 4.78 is 18.5. The van der Waals surface area contributed by atoms with E-state index in [-0.39, 0.29) is 41.8 Å². The van der Waals surface area contributed by atoms with Crippen molar-refractivity contribution in [3.63, 3.8) is 0 Å². The molecule has 1 aromatic rings. The Bertz CT molecular complexity index is 507. The smallest absolute Gasteiger partial charge is 0.227 e. The molecule has 0 aliphatic rings. The van der Waals surface area contributed by atoms with Gasteiger partial charge < -0.3 is 15.8 Å². The summed E-state index contributed by atoms with van der Waals surface area (Å²) in [6.45, 7) is 1.75. The van der Waals surface area contributed by atoms with Gasteiger partial charge in [0.1, 0.15) is 5.82 Å². The van der Waals surface area contributed by atoms with Gasteiger partial charge in [-0.05, 0) is 19.1 Å². The van der Waals surface area contributed by atoms with Gasteiger partial charge in [0.2, 0.25) is 5.91 Å². The summed E-state index contributed by atoms with van der Waals surface area (Å²) in [6, 6.07) is 4.39. The van der Waals surface area contributed by atoms with Crippen LogP contribution in [-0.4, -0.2) is 25.7 Å². The number of carbonyl (C=O) groups is 1. The third-order valence-corrected chi connectivity index (χ3v) is 2.76. The average Bonchev–Trinajstić information content (AvgIpc) is 2.40. The average molecular weight is 265 g/mol. The van der Waals surface area contributed by atoms with E-state index in [4.69, 9.17) is 15.7 Å². The monoisotopic (exact) mass is 265 g/mol. The molecule has 0 spiro atoms. The molecule has 1 unspecified atom stereocenters. The fraction of sp³-hybridized carbons (Fsp3) is 0.385. The summed E-state index contributed by atoms with van der Waals surface area (Å²) >= 11 is 0. The molecule has 1 amide bonds. The molecule has 0 radical (unpaired) electrons. The molecular formula is C13H16FN3O2. The number of rotatable bonds is 5. The highest BCUT2D eigenvalue weighted by Crippen LogP contribution is 2.20. The second-order valence-electron chi connectivity index (χ2n) is 4.09. The van der Waals surface area contributed by atoms with E-state index in [0.717, 1.165) is 6.07 Å². The molecular weight excluding hydrogens is 249 g/mol. The number of carbonyl (C=O) groups excluding carboxylic acids is 1. The van der Waals surface area contributed by atoms with Gasteiger partial charge in [-0.15, -0.1) is 0 Å². The lowest BCUT2D eigenvalue weighted by Gasteiger charge is -2.14. The number of hydrogen-bond donors (Lipinski definition) is 2. The summed E-state index contributed by atoms with van der Waals surface area (Å²) in [6.07, 6.45) is -0.311. The zero-order valence-electron chi connectivity index (χ0n) is 10.9. The lowest BCUT2D eigenvalue weighted by atomic mass is 10.1. The topological polar surface area (TPSA) is 88.1 Å². The van der Waals surface area contributed by atoms with Crippen LogP contribution in [0.5, 0.6) is 0 Å². The predicted molar refractivity (Wildman–Crippen MR) is 69.0 cm³/mol. The van der Waals surface area contributed by atoms with Gasteiger partial charge >= 0.3 is 0 Å². The van der Waals surface area contributed by atoms with Crippen LogP contribution in [0.2, 0.25) is 0 Å². The zero-order chi connectivity index (χ0) is 14.4. The number of halogens is 1. The van der Waals surface area contributed by atoms with Crippen molar-refractivity contribution in [3.05, 3.63) is 29.1 Å². The highest BCUT2D eigenvalue weighted by Gasteiger charge is 2.14. The van der Waals surface area contributed by atoms with Gasteiger partial charge in [-0.3, -0.25) is 4.79 Å². The first kappa shape index (κ1) is 15.1. The molecule has 0 saturated carbocycles. The van der Waals surface area contributed by atoms with Gasteiger partial charge in [0, 0.05) is 24.9 Å². The van der Waals surface area contributed by atoms with Crippen LogP contribution in [-0.2, 0) is 9.53 Å². The molecule has 6 heteroatoms. The number of nitriles is 1. The van der Waals surface area contributed by atoms with E-state index in [9.17, 15) is 9.18 Å². The molecule has 0 saturated heterocycles. The number of amides is 1. The zero-order valence-corrected chi connectivity index (χ0v) is 10.9. The number of nitrogens with zero attached hydrogens (tertiary/aromatic N) is 1. The van der Waals surface area contributed by atoms with Gasteiger partial charge in [0.05, 0.1) is 24.2 Å². The van der Waals surface area contributed by atoms with Gasteiger partial charge in [0.25, 0.3) is 0 Å². The van der Waals surface area contributed by atoms with Gasteiger partial charge in [-0.2, -0.15) is 5.26 Å². The summed E-state index contributed by atoms with van der Waals surface area (Å²) in [4.78, 5) is 11.8. The fourth-order valence-corrected chi connectivity index (χ4v) is 1.54. The first-order valence-electron chi connectivity index (χ1n) is 5.74. The molecule has 0 aromatic heterocycles. The molecule has 3 N–H and O–H groups in total. The lowest BCUT2D eigenvalue weighted by molar-refractivity contribution is -0.118. The predicted octanol–water partition coefficient (Wildman–Crippen LogP) is 1.31. The van der Waals surface area contributed by atoms with Crippen LogP contribution in [0.1, 0.15) is 17.5 Å². The van der Waals surface area contributed by atoms with Crippen molar-refractivity contribution in [2.75, 3.05) is 19.0 Å². The van der Waals surface area contributed by atoms with Gasteiger partial charge in [0.15, 0.2) is 0 Å². The van der Waals surface area contributed by atoms with Crippen LogP contribution in [0.4, 0.5) is 10.1 Å². The molecule has 102 valence electrons. The molecule has 0 aliphatic heterocycles. The minimum absolute atomic E-state index is 0.0742. The summed E-state index contributed by atoms with van der Waals surface area (Å²) in [7, 11) is 1.46. The van der Waals surface area contributed by atoms with Crippen molar-refractivity contribution in [2.24, 2.45) is 5.73 Å². The Morgan fingerprint density at radius 3 is 2.84 bits per heavy atom. The largest absolute Gasteiger partial charge is 0.380 e. The Morgan fingerprint density at radius 1 is 1.63 bits per heavy atom. The molecule has 0 bridgehead atoms. The second kappa shape index (κ2) is 6.83. The van der Waals surface area contributed by atoms with Crippen LogP contribution >= 0.6 is 0 Å². The Kier molecular flexibility index (Phi) is 5.42. The van der Waals surface area contributed by atoms with Gasteiger partial charge in [-0.1, -0.05) is 0 Å². The van der Waals surface area contributed by atoms with Crippen molar-refractivity contribution >= 4 is 11.6 Å². The van der Waals surface area contributed by atoms with Crippen LogP contribution < -0.4 is 11.1 Å². The number of anilines is 1. The number of nitrogens with one attached hydrogen (secondary N) is 1. The van der Waals surface area contributed by atoms with E-state index < -0.39 is 5.82 Å². The Morgan fingerprint density at radius 2 is 2.32 bits per heavy atom. The van der Waals surface area contributed by atoms with Gasteiger partial charge in [-0.25, -0.2) is 4.39 Å². The van der Waals surface area contributed by atoms with Crippen molar-refractivity contribution in [3.8, 4) is 6.07 Å². The van der Waals surface area contributed by atoms with Crippen LogP contribution in [0.15, 0.2) is 12.1 Å². The number of methoxy groups -OCH3 is 1. The molecule has 0 aliphatic carbocycles. The molecule has 1 rings (SSSR count). The summed E-state index contributed by atoms with van der Waals surface area (Å²) in [5, 5.41) is 11.3. The van der Waals surface area contributed by atoms with E-state index >= 15 is 0 Å². The first-order chi connectivity index (χ1) is 9.01. The quantitative estimate of drug-likeness (QED) is 0.840. The van der Waals surface area contributed by atoms with Crippen LogP contribution in [0.25, 0.3) is 0 Å². The number of hydrogen-bond acceptors (Lipinski definition) is 4. The lowest BCUT2D eigenvalue weighted by Crippen LogP contribution is -2.28. The Balaban J connectivity index is 2.85. The minimum Gasteiger partial charge on any atom is -0.380 e. The fourth-order valence-electron chi connectivity index (χ4n) is 1.54. The number of nitrogens with two attached hydrogens (primary N) is 1. The van der Waals surface area contributed by atoms with E-state index in [2.05, 4.69) is 5.32 Å². The third-order valence-electron chi connectivity index (χ3n) is 2.76. The van der Waals surface area contributed by atoms with E-state index in [1.165, 1.54) is 20.1 Å². The van der Waals surface area contributed by atoms with E-state index in [1.54, 1.807) is 0 Å². The molecule has 0 heterocycles. The number of ether oxygens (including phenoxy) is 1. The first-order valence-corrected chi connectivity index (χ1v) is 5.74. The molecule has 1 atom stereocenters. The maximum absolute atomic E-state index is 13.5. The molecule has 0 fully saturated rings. The Labute approximate surface area is 111 Å². The second-order valence-corrected chi connectivity index (χ2v) is 4.09. The minimum atomic E-state index is -0.531. The summed E-state index contributed by atoms with van der Waals surface area (Å²) in [5.41, 5.74) is 6.14. The van der Waals surface area contributed by atoms with E-state index in [0.29, 0.717) is 0 Å². The third kappa shape index (κ3) is 4.02. The normalized spacial score (nSPS) is 11.7. The maximum atomic E-state index is 13.5. The van der Waals surface area contributed by atoms with Crippen molar-refractivity contribution in [1.29, 1.82) is 5.26 Å². The highest BCUT2D eigenvalue weighted by atomic mass is 19.1. The molecule has 1 aromatic carbocycles. The number of benzene rings is 1. The highest BCUT2D eigenvalue weighted by molar-refractivity contribution is 5.92.